The van der Waals surface area contributed by atoms with Crippen molar-refractivity contribution < 1.29 is 147 Å². The summed E-state index contributed by atoms with van der Waals surface area (Å²) in [5.41, 5.74) is 0. The van der Waals surface area contributed by atoms with E-state index in [0.29, 0.717) is 51.4 Å². The molecule has 30 nitrogen and oxygen atoms in total. The number of ether oxygens (including phenoxy) is 14. The summed E-state index contributed by atoms with van der Waals surface area (Å²) in [5, 5.41) is 155. The van der Waals surface area contributed by atoms with Crippen LogP contribution in [0.2, 0.25) is 0 Å². The first kappa shape index (κ1) is 83.2. The van der Waals surface area contributed by atoms with Gasteiger partial charge >= 0.3 is 11.9 Å². The lowest BCUT2D eigenvalue weighted by atomic mass is 9.96. The minimum absolute atomic E-state index is 0.0112. The first-order valence-corrected chi connectivity index (χ1v) is 36.6. The third-order valence-corrected chi connectivity index (χ3v) is 20.2. The van der Waals surface area contributed by atoms with Crippen LogP contribution in [0.1, 0.15) is 208 Å². The van der Waals surface area contributed by atoms with Crippen LogP contribution in [0.5, 0.6) is 0 Å². The van der Waals surface area contributed by atoms with Crippen LogP contribution >= 0.6 is 0 Å². The maximum Gasteiger partial charge on any atom is 0.306 e. The predicted octanol–water partition coefficient (Wildman–Crippen LogP) is 1.06. The Labute approximate surface area is 575 Å². The van der Waals surface area contributed by atoms with Gasteiger partial charge in [-0.25, -0.2) is 0 Å². The van der Waals surface area contributed by atoms with Crippen molar-refractivity contribution in [3.05, 3.63) is 0 Å². The van der Waals surface area contributed by atoms with Gasteiger partial charge in [-0.05, 0) is 66.2 Å². The zero-order chi connectivity index (χ0) is 71.3. The third-order valence-electron chi connectivity index (χ3n) is 20.2. The van der Waals surface area contributed by atoms with Crippen LogP contribution in [0.15, 0.2) is 0 Å². The van der Waals surface area contributed by atoms with Crippen molar-refractivity contribution >= 4 is 11.9 Å². The van der Waals surface area contributed by atoms with E-state index in [4.69, 9.17) is 66.3 Å². The van der Waals surface area contributed by atoms with Gasteiger partial charge in [0.05, 0.1) is 49.8 Å². The standard InChI is InChI=1S/C68H120O30/c1-7-9-21-27-39(89-64-59(53(81)47(75)36(4)86-64)96-67-61(55(83)49(77)41(33-69)91-67)95-63-56(84)51(79)45(73)35(3)85-63)29-23-17-13-11-15-19-25-31-43(71)93-57-50(78)42(34-70)92-68-62(57)98-66-58(52(80)46(74)38(6)88-66)94-44(72)32-26-20-16-12-14-18-24-30-40(28-22-10-8-2)90-65-60(97-68)54(82)48(76)37(5)87-65/h35-42,45-70,73-84H,7-34H2,1-6H3/t35-,36-,37-,38-,39+,40+,41-,42-,45-,46-,47+,48+,49-,50-,51+,52+,53+,54+,55+,56-,57+,58-,59-,60-,61-,62-,63+,64+,65+,66+,67+,68+/m1/s1. The van der Waals surface area contributed by atoms with Gasteiger partial charge in [-0.1, -0.05) is 129 Å². The van der Waals surface area contributed by atoms with E-state index < -0.39 is 215 Å². The summed E-state index contributed by atoms with van der Waals surface area (Å²) in [7, 11) is 0. The Bertz CT molecular complexity index is 2250. The minimum atomic E-state index is -1.85. The highest BCUT2D eigenvalue weighted by Crippen LogP contribution is 2.39. The SMILES string of the molecule is CCCCC[C@@H](CCCCCCCCCC(=O)O[C@H]1[C@H](O)[C@@H](CO)O[C@H]2O[C@H]3[C@H](O[C@@H](CCCCC)CCCCCCCCCC(=O)O[C@H]4[C@H](O[C@@H]21)O[C@H](C)[C@@H](O)[C@@H]4O)O[C@H](C)[C@H](O)[C@@H]3O)O[C@@H]1O[C@H](C)[C@H](O)[C@H](O)[C@H]1O[C@@H]1O[C@H](CO)[C@@H](O)[C@H](O)[C@H]1O[C@@H]1O[C@H](C)[C@@H](O)[C@H](O)[C@H]1O. The maximum atomic E-state index is 14.1. The van der Waals surface area contributed by atoms with E-state index >= 15 is 0 Å². The lowest BCUT2D eigenvalue weighted by Gasteiger charge is -2.49. The van der Waals surface area contributed by atoms with Crippen molar-refractivity contribution in [3.8, 4) is 0 Å². The molecule has 0 bridgehead atoms. The average Bonchev–Trinajstić information content (AvgIpc) is 0.780. The molecule has 7 rings (SSSR count). The van der Waals surface area contributed by atoms with E-state index in [9.17, 15) is 81.1 Å². The summed E-state index contributed by atoms with van der Waals surface area (Å²) >= 11 is 0. The van der Waals surface area contributed by atoms with Crippen LogP contribution < -0.4 is 0 Å². The summed E-state index contributed by atoms with van der Waals surface area (Å²) in [4.78, 5) is 27.5. The molecular weight excluding hydrogens is 1300 g/mol. The van der Waals surface area contributed by atoms with Gasteiger partial charge in [0.1, 0.15) is 104 Å². The number of esters is 2. The normalized spacial score (nSPS) is 43.3. The Morgan fingerprint density at radius 3 is 1.55 bits per heavy atom. The molecule has 32 atom stereocenters. The molecule has 7 heterocycles. The zero-order valence-corrected chi connectivity index (χ0v) is 58.1. The van der Waals surface area contributed by atoms with Gasteiger partial charge in [0.15, 0.2) is 56.1 Å². The molecule has 0 spiro atoms. The molecule has 14 N–H and O–H groups in total. The van der Waals surface area contributed by atoms with Crippen LogP contribution in [-0.4, -0.2) is 293 Å². The van der Waals surface area contributed by atoms with Crippen LogP contribution in [0.3, 0.4) is 0 Å². The van der Waals surface area contributed by atoms with Gasteiger partial charge in [0, 0.05) is 12.8 Å². The van der Waals surface area contributed by atoms with Crippen molar-refractivity contribution in [1.29, 1.82) is 0 Å². The fraction of sp³-hybridized carbons (Fsp3) is 0.971. The Kier molecular flexibility index (Phi) is 35.3. The van der Waals surface area contributed by atoms with Gasteiger partial charge in [0.2, 0.25) is 0 Å². The van der Waals surface area contributed by atoms with Gasteiger partial charge in [0.25, 0.3) is 0 Å². The molecular formula is C68H120O30. The van der Waals surface area contributed by atoms with Crippen molar-refractivity contribution in [2.45, 2.75) is 405 Å². The van der Waals surface area contributed by atoms with Gasteiger partial charge in [-0.15, -0.1) is 0 Å². The van der Waals surface area contributed by atoms with E-state index in [-0.39, 0.29) is 18.9 Å². The number of rotatable bonds is 27. The smallest absolute Gasteiger partial charge is 0.306 e. The second kappa shape index (κ2) is 41.6. The summed E-state index contributed by atoms with van der Waals surface area (Å²) in [6, 6.07) is 0. The highest BCUT2D eigenvalue weighted by Gasteiger charge is 2.58. The molecule has 0 aromatic heterocycles. The molecule has 7 fully saturated rings. The topological polar surface area (TPSA) is 447 Å². The number of carbonyl (C=O) groups excluding carboxylic acids is 2. The highest BCUT2D eigenvalue weighted by atomic mass is 16.8. The monoisotopic (exact) mass is 1420 g/mol. The molecule has 0 radical (unpaired) electrons. The largest absolute Gasteiger partial charge is 0.456 e. The Morgan fingerprint density at radius 2 is 0.908 bits per heavy atom. The van der Waals surface area contributed by atoms with E-state index in [0.717, 1.165) is 103 Å². The number of aliphatic hydroxyl groups is 14. The van der Waals surface area contributed by atoms with Crippen molar-refractivity contribution in [3.63, 3.8) is 0 Å². The van der Waals surface area contributed by atoms with Crippen LogP contribution in [-0.2, 0) is 75.9 Å². The number of hydrogen-bond donors (Lipinski definition) is 14. The van der Waals surface area contributed by atoms with Crippen LogP contribution in [0.4, 0.5) is 0 Å². The Morgan fingerprint density at radius 1 is 0.429 bits per heavy atom. The van der Waals surface area contributed by atoms with Crippen molar-refractivity contribution in [2.75, 3.05) is 13.2 Å². The summed E-state index contributed by atoms with van der Waals surface area (Å²) in [6.45, 7) is 8.57. The predicted molar refractivity (Wildman–Crippen MR) is 341 cm³/mol. The Hall–Kier alpha value is -2.10. The van der Waals surface area contributed by atoms with E-state index in [1.54, 1.807) is 13.8 Å². The quantitative estimate of drug-likeness (QED) is 0.0404. The fourth-order valence-electron chi connectivity index (χ4n) is 13.9. The average molecular weight is 1420 g/mol. The first-order valence-electron chi connectivity index (χ1n) is 36.6. The lowest BCUT2D eigenvalue weighted by Crippen LogP contribution is -2.67. The van der Waals surface area contributed by atoms with Gasteiger partial charge in [-0.3, -0.25) is 9.59 Å². The third kappa shape index (κ3) is 23.0. The second-order valence-corrected chi connectivity index (χ2v) is 28.0. The summed E-state index contributed by atoms with van der Waals surface area (Å²) in [5.74, 6) is -1.47. The van der Waals surface area contributed by atoms with Crippen molar-refractivity contribution in [2.24, 2.45) is 0 Å². The lowest BCUT2D eigenvalue weighted by molar-refractivity contribution is -0.393. The first-order chi connectivity index (χ1) is 46.9. The minimum Gasteiger partial charge on any atom is -0.456 e. The second-order valence-electron chi connectivity index (χ2n) is 28.0. The molecule has 0 unspecified atom stereocenters. The molecule has 572 valence electrons. The van der Waals surface area contributed by atoms with Crippen LogP contribution in [0.25, 0.3) is 0 Å². The number of aliphatic hydroxyl groups excluding tert-OH is 14. The number of unbranched alkanes of at least 4 members (excludes halogenated alkanes) is 10. The number of carbonyl (C=O) groups is 2. The van der Waals surface area contributed by atoms with Crippen molar-refractivity contribution in [1.82, 2.24) is 0 Å². The zero-order valence-electron chi connectivity index (χ0n) is 58.1. The molecule has 7 saturated heterocycles. The molecule has 30 heteroatoms. The summed E-state index contributed by atoms with van der Waals surface area (Å²) < 4.78 is 86.5. The highest BCUT2D eigenvalue weighted by molar-refractivity contribution is 5.70. The molecule has 0 aliphatic carbocycles. The van der Waals surface area contributed by atoms with Gasteiger partial charge < -0.3 is 138 Å². The molecule has 98 heavy (non-hydrogen) atoms. The number of hydrogen-bond acceptors (Lipinski definition) is 30. The Balaban J connectivity index is 0.992. The molecule has 7 aliphatic rings. The molecule has 0 aromatic carbocycles. The number of fused-ring (bicyclic) bond motifs is 3. The van der Waals surface area contributed by atoms with Crippen LogP contribution in [0, 0.1) is 0 Å². The van der Waals surface area contributed by atoms with Gasteiger partial charge in [-0.2, -0.15) is 0 Å². The molecule has 0 aromatic rings. The van der Waals surface area contributed by atoms with E-state index in [1.807, 2.05) is 0 Å². The fourth-order valence-corrected chi connectivity index (χ4v) is 13.9. The summed E-state index contributed by atoms with van der Waals surface area (Å²) in [6.07, 6.45) is -28.7. The maximum absolute atomic E-state index is 14.1. The molecule has 0 saturated carbocycles. The van der Waals surface area contributed by atoms with E-state index in [1.165, 1.54) is 13.8 Å². The molecule has 7 aliphatic heterocycles. The molecule has 0 amide bonds. The van der Waals surface area contributed by atoms with E-state index in [2.05, 4.69) is 13.8 Å².